The average Bonchev–Trinajstić information content (AvgIpc) is 3.37. The Balaban J connectivity index is 1.26. The normalized spacial score (nSPS) is 17.9. The number of nitrogens with one attached hydrogen (secondary N) is 1. The molecular formula is C23H23N5. The van der Waals surface area contributed by atoms with Crippen LogP contribution in [-0.4, -0.2) is 37.7 Å². The minimum Gasteiger partial charge on any atom is -0.361 e. The summed E-state index contributed by atoms with van der Waals surface area (Å²) in [6, 6.07) is 17.1. The van der Waals surface area contributed by atoms with Crippen LogP contribution < -0.4 is 0 Å². The number of hydrogen-bond donors (Lipinski definition) is 1. The van der Waals surface area contributed by atoms with Crippen LogP contribution in [0.3, 0.4) is 0 Å². The largest absolute Gasteiger partial charge is 0.361 e. The summed E-state index contributed by atoms with van der Waals surface area (Å²) in [6.45, 7) is 6.37. The van der Waals surface area contributed by atoms with E-state index in [0.717, 1.165) is 43.0 Å². The fraction of sp³-hybridized carbons (Fsp3) is 0.304. The van der Waals surface area contributed by atoms with Crippen LogP contribution >= 0.6 is 0 Å². The zero-order valence-electron chi connectivity index (χ0n) is 16.0. The molecule has 2 aliphatic heterocycles. The summed E-state index contributed by atoms with van der Waals surface area (Å²) in [7, 11) is 0. The number of fused-ring (bicyclic) bond motifs is 3. The van der Waals surface area contributed by atoms with Gasteiger partial charge in [-0.15, -0.1) is 0 Å². The molecule has 1 spiro atoms. The number of aryl methyl sites for hydroxylation is 2. The molecule has 3 aromatic heterocycles. The lowest BCUT2D eigenvalue weighted by Crippen LogP contribution is -2.57. The smallest absolute Gasteiger partial charge is 0.0942 e. The number of aromatic amines is 1. The Hall–Kier alpha value is -2.92. The summed E-state index contributed by atoms with van der Waals surface area (Å²) in [5.41, 5.74) is 7.40. The van der Waals surface area contributed by atoms with Crippen LogP contribution in [0.25, 0.3) is 22.2 Å². The van der Waals surface area contributed by atoms with Gasteiger partial charge in [0.1, 0.15) is 0 Å². The van der Waals surface area contributed by atoms with E-state index in [4.69, 9.17) is 5.10 Å². The third kappa shape index (κ3) is 2.43. The van der Waals surface area contributed by atoms with E-state index >= 15 is 0 Å². The summed E-state index contributed by atoms with van der Waals surface area (Å²) in [5.74, 6) is 0. The van der Waals surface area contributed by atoms with E-state index in [1.807, 2.05) is 12.3 Å². The lowest BCUT2D eigenvalue weighted by atomic mass is 9.75. The van der Waals surface area contributed by atoms with Gasteiger partial charge in [0.25, 0.3) is 0 Å². The van der Waals surface area contributed by atoms with E-state index in [9.17, 15) is 0 Å². The Labute approximate surface area is 164 Å². The van der Waals surface area contributed by atoms with Gasteiger partial charge in [-0.25, -0.2) is 0 Å². The van der Waals surface area contributed by atoms with Crippen molar-refractivity contribution < 1.29 is 0 Å². The first-order valence-electron chi connectivity index (χ1n) is 9.99. The molecule has 0 saturated carbocycles. The van der Waals surface area contributed by atoms with Crippen molar-refractivity contribution in [2.45, 2.75) is 31.8 Å². The van der Waals surface area contributed by atoms with Crippen LogP contribution in [0.5, 0.6) is 0 Å². The Morgan fingerprint density at radius 1 is 1.11 bits per heavy atom. The van der Waals surface area contributed by atoms with Crippen LogP contribution in [0.15, 0.2) is 54.7 Å². The van der Waals surface area contributed by atoms with Crippen LogP contribution in [-0.2, 0) is 18.5 Å². The Morgan fingerprint density at radius 2 is 2.00 bits per heavy atom. The third-order valence-electron chi connectivity index (χ3n) is 6.35. The molecule has 1 fully saturated rings. The molecule has 28 heavy (non-hydrogen) atoms. The summed E-state index contributed by atoms with van der Waals surface area (Å²) >= 11 is 0. The van der Waals surface area contributed by atoms with E-state index in [1.54, 1.807) is 0 Å². The van der Waals surface area contributed by atoms with Crippen LogP contribution in [0, 0.1) is 6.92 Å². The van der Waals surface area contributed by atoms with E-state index in [0.29, 0.717) is 0 Å². The topological polar surface area (TPSA) is 49.7 Å². The highest BCUT2D eigenvalue weighted by atomic mass is 15.3. The molecule has 0 aliphatic carbocycles. The van der Waals surface area contributed by atoms with Gasteiger partial charge in [-0.05, 0) is 43.7 Å². The first-order chi connectivity index (χ1) is 13.7. The molecule has 0 unspecified atom stereocenters. The fourth-order valence-electron chi connectivity index (χ4n) is 4.95. The van der Waals surface area contributed by atoms with E-state index < -0.39 is 0 Å². The molecule has 5 heterocycles. The van der Waals surface area contributed by atoms with Gasteiger partial charge in [0.2, 0.25) is 0 Å². The van der Waals surface area contributed by atoms with Gasteiger partial charge in [-0.1, -0.05) is 18.2 Å². The van der Waals surface area contributed by atoms with Crippen LogP contribution in [0.1, 0.15) is 23.5 Å². The molecule has 5 nitrogen and oxygen atoms in total. The first kappa shape index (κ1) is 16.1. The Kier molecular flexibility index (Phi) is 3.32. The number of likely N-dealkylation sites (tertiary alicyclic amines) is 1. The number of hydrogen-bond acceptors (Lipinski definition) is 3. The van der Waals surface area contributed by atoms with Crippen molar-refractivity contribution in [3.63, 3.8) is 0 Å². The SMILES string of the molecule is Cc1ccc(CN2CC3(CCn4nc(-c5cnc6ccccc6c5)cc43)C2)[nH]1. The molecule has 1 saturated heterocycles. The van der Waals surface area contributed by atoms with Gasteiger partial charge < -0.3 is 4.98 Å². The number of H-pyrrole nitrogens is 1. The number of aromatic nitrogens is 4. The summed E-state index contributed by atoms with van der Waals surface area (Å²) in [4.78, 5) is 10.6. The number of benzene rings is 1. The van der Waals surface area contributed by atoms with Crippen molar-refractivity contribution in [3.8, 4) is 11.3 Å². The lowest BCUT2D eigenvalue weighted by molar-refractivity contribution is 0.0571. The molecule has 2 aliphatic rings. The maximum atomic E-state index is 4.91. The Bertz CT molecular complexity index is 1180. The summed E-state index contributed by atoms with van der Waals surface area (Å²) in [5, 5.41) is 6.08. The van der Waals surface area contributed by atoms with Crippen molar-refractivity contribution in [1.82, 2.24) is 24.6 Å². The molecule has 1 N–H and O–H groups in total. The molecule has 0 atom stereocenters. The van der Waals surface area contributed by atoms with Crippen molar-refractivity contribution in [3.05, 3.63) is 71.8 Å². The number of pyridine rings is 1. The zero-order chi connectivity index (χ0) is 18.7. The van der Waals surface area contributed by atoms with E-state index in [1.165, 1.54) is 28.9 Å². The van der Waals surface area contributed by atoms with E-state index in [2.05, 4.69) is 68.9 Å². The van der Waals surface area contributed by atoms with Gasteiger partial charge in [0, 0.05) is 65.8 Å². The zero-order valence-corrected chi connectivity index (χ0v) is 16.0. The standard InChI is InChI=1S/C23H23N5/c1-16-6-7-19(25-16)13-27-14-23(15-27)8-9-28-22(23)11-21(26-28)18-10-17-4-2-3-5-20(17)24-12-18/h2-7,10-12,25H,8-9,13-15H2,1H3. The molecule has 4 aromatic rings. The second-order valence-electron chi connectivity index (χ2n) is 8.40. The van der Waals surface area contributed by atoms with Crippen molar-refractivity contribution in [1.29, 1.82) is 0 Å². The van der Waals surface area contributed by atoms with Crippen molar-refractivity contribution >= 4 is 10.9 Å². The second-order valence-corrected chi connectivity index (χ2v) is 8.40. The third-order valence-corrected chi connectivity index (χ3v) is 6.35. The predicted molar refractivity (Wildman–Crippen MR) is 110 cm³/mol. The molecule has 5 heteroatoms. The van der Waals surface area contributed by atoms with Gasteiger partial charge in [-0.2, -0.15) is 5.10 Å². The minimum absolute atomic E-state index is 0.275. The quantitative estimate of drug-likeness (QED) is 0.596. The maximum Gasteiger partial charge on any atom is 0.0942 e. The Morgan fingerprint density at radius 3 is 2.86 bits per heavy atom. The number of nitrogens with zero attached hydrogens (tertiary/aromatic N) is 4. The molecule has 0 radical (unpaired) electrons. The molecule has 0 amide bonds. The minimum atomic E-state index is 0.275. The predicted octanol–water partition coefficient (Wildman–Crippen LogP) is 3.89. The maximum absolute atomic E-state index is 4.91. The van der Waals surface area contributed by atoms with Crippen molar-refractivity contribution in [2.75, 3.05) is 13.1 Å². The fourth-order valence-corrected chi connectivity index (χ4v) is 4.95. The monoisotopic (exact) mass is 369 g/mol. The van der Waals surface area contributed by atoms with Crippen LogP contribution in [0.2, 0.25) is 0 Å². The highest BCUT2D eigenvalue weighted by Gasteiger charge is 2.49. The van der Waals surface area contributed by atoms with Gasteiger partial charge in [0.15, 0.2) is 0 Å². The number of para-hydroxylation sites is 1. The van der Waals surface area contributed by atoms with Gasteiger partial charge >= 0.3 is 0 Å². The molecule has 0 bridgehead atoms. The molecular weight excluding hydrogens is 346 g/mol. The second kappa shape index (κ2) is 5.79. The molecule has 6 rings (SSSR count). The molecule has 1 aromatic carbocycles. The van der Waals surface area contributed by atoms with Gasteiger partial charge in [-0.3, -0.25) is 14.6 Å². The average molecular weight is 369 g/mol. The lowest BCUT2D eigenvalue weighted by Gasteiger charge is -2.47. The first-order valence-corrected chi connectivity index (χ1v) is 9.99. The van der Waals surface area contributed by atoms with Crippen LogP contribution in [0.4, 0.5) is 0 Å². The summed E-state index contributed by atoms with van der Waals surface area (Å²) < 4.78 is 2.22. The molecule has 140 valence electrons. The van der Waals surface area contributed by atoms with Crippen molar-refractivity contribution in [2.24, 2.45) is 0 Å². The number of rotatable bonds is 3. The summed E-state index contributed by atoms with van der Waals surface area (Å²) in [6.07, 6.45) is 3.15. The van der Waals surface area contributed by atoms with E-state index in [-0.39, 0.29) is 5.41 Å². The highest BCUT2D eigenvalue weighted by molar-refractivity contribution is 5.82. The van der Waals surface area contributed by atoms with Gasteiger partial charge in [0.05, 0.1) is 11.2 Å². The highest BCUT2D eigenvalue weighted by Crippen LogP contribution is 2.44.